The maximum absolute atomic E-state index is 4.51. The Bertz CT molecular complexity index is 948. The molecule has 4 rings (SSSR count). The normalized spacial score (nSPS) is 11.7. The Morgan fingerprint density at radius 2 is 1.91 bits per heavy atom. The Labute approximate surface area is 136 Å². The smallest absolute Gasteiger partial charge is 0.231 e. The second-order valence-corrected chi connectivity index (χ2v) is 6.39. The number of thiazole rings is 1. The molecule has 2 heterocycles. The maximum atomic E-state index is 4.51. The van der Waals surface area contributed by atoms with Crippen LogP contribution in [0.3, 0.4) is 0 Å². The fourth-order valence-corrected chi connectivity index (χ4v) is 3.13. The molecule has 0 saturated carbocycles. The van der Waals surface area contributed by atoms with Gasteiger partial charge in [0.1, 0.15) is 0 Å². The van der Waals surface area contributed by atoms with Crippen LogP contribution in [0, 0.1) is 0 Å². The van der Waals surface area contributed by atoms with E-state index in [-0.39, 0.29) is 0 Å². The maximum Gasteiger partial charge on any atom is 0.231 e. The first-order chi connectivity index (χ1) is 11.2. The lowest BCUT2D eigenvalue weighted by Crippen LogP contribution is -2.07. The molecule has 0 spiro atoms. The van der Waals surface area contributed by atoms with E-state index in [1.165, 1.54) is 11.3 Å². The van der Waals surface area contributed by atoms with Crippen LogP contribution < -0.4 is 4.90 Å². The first-order valence-corrected chi connectivity index (χ1v) is 7.93. The summed E-state index contributed by atoms with van der Waals surface area (Å²) in [5.41, 5.74) is 3.83. The summed E-state index contributed by atoms with van der Waals surface area (Å²) < 4.78 is 1.08. The lowest BCUT2D eigenvalue weighted by molar-refractivity contribution is 1.12. The Balaban J connectivity index is 1.63. The zero-order chi connectivity index (χ0) is 15.8. The van der Waals surface area contributed by atoms with E-state index in [9.17, 15) is 0 Å². The van der Waals surface area contributed by atoms with Crippen LogP contribution in [0.25, 0.3) is 21.1 Å². The molecular formula is C16H14N6S. The highest BCUT2D eigenvalue weighted by Crippen LogP contribution is 2.32. The topological polar surface area (TPSA) is 69.5 Å². The van der Waals surface area contributed by atoms with E-state index in [2.05, 4.69) is 31.5 Å². The Hall–Kier alpha value is -2.80. The van der Waals surface area contributed by atoms with Crippen molar-refractivity contribution in [3.8, 4) is 0 Å². The number of azo groups is 1. The van der Waals surface area contributed by atoms with Crippen LogP contribution in [0.15, 0.2) is 52.8 Å². The first kappa shape index (κ1) is 13.8. The largest absolute Gasteiger partial charge is 0.378 e. The molecule has 0 aliphatic rings. The molecule has 4 aromatic rings. The number of fused-ring (bicyclic) bond motifs is 2. The summed E-state index contributed by atoms with van der Waals surface area (Å²) >= 11 is 1.52. The van der Waals surface area contributed by atoms with E-state index in [0.29, 0.717) is 5.13 Å². The molecule has 0 unspecified atom stereocenters. The number of H-pyrrole nitrogens is 1. The molecule has 7 heteroatoms. The second-order valence-electron chi connectivity index (χ2n) is 5.38. The molecule has 0 bridgehead atoms. The number of aromatic nitrogens is 3. The number of aromatic amines is 1. The van der Waals surface area contributed by atoms with Gasteiger partial charge in [0.05, 0.1) is 27.6 Å². The molecule has 0 aliphatic carbocycles. The van der Waals surface area contributed by atoms with Crippen molar-refractivity contribution in [1.82, 2.24) is 15.2 Å². The van der Waals surface area contributed by atoms with Gasteiger partial charge in [-0.05, 0) is 36.4 Å². The van der Waals surface area contributed by atoms with E-state index >= 15 is 0 Å². The number of hydrogen-bond acceptors (Lipinski definition) is 6. The predicted molar refractivity (Wildman–Crippen MR) is 94.2 cm³/mol. The summed E-state index contributed by atoms with van der Waals surface area (Å²) in [6, 6.07) is 12.0. The first-order valence-electron chi connectivity index (χ1n) is 7.12. The van der Waals surface area contributed by atoms with E-state index in [0.717, 1.165) is 32.5 Å². The van der Waals surface area contributed by atoms with Crippen LogP contribution in [-0.4, -0.2) is 29.3 Å². The van der Waals surface area contributed by atoms with Crippen molar-refractivity contribution in [2.45, 2.75) is 0 Å². The van der Waals surface area contributed by atoms with Gasteiger partial charge in [0.2, 0.25) is 5.13 Å². The van der Waals surface area contributed by atoms with E-state index < -0.39 is 0 Å². The van der Waals surface area contributed by atoms with Gasteiger partial charge in [0.15, 0.2) is 0 Å². The Kier molecular flexibility index (Phi) is 3.27. The minimum atomic E-state index is 0.650. The minimum Gasteiger partial charge on any atom is -0.378 e. The zero-order valence-electron chi connectivity index (χ0n) is 12.7. The van der Waals surface area contributed by atoms with Crippen molar-refractivity contribution < 1.29 is 0 Å². The molecule has 0 amide bonds. The van der Waals surface area contributed by atoms with Gasteiger partial charge < -0.3 is 4.90 Å². The summed E-state index contributed by atoms with van der Waals surface area (Å²) in [5, 5.41) is 17.2. The predicted octanol–water partition coefficient (Wildman–Crippen LogP) is 4.65. The molecule has 0 saturated heterocycles. The van der Waals surface area contributed by atoms with Crippen LogP contribution in [-0.2, 0) is 0 Å². The average Bonchev–Trinajstić information content (AvgIpc) is 3.16. The van der Waals surface area contributed by atoms with Crippen LogP contribution in [0.2, 0.25) is 0 Å². The molecule has 23 heavy (non-hydrogen) atoms. The molecular weight excluding hydrogens is 308 g/mol. The van der Waals surface area contributed by atoms with Crippen LogP contribution in [0.4, 0.5) is 16.5 Å². The van der Waals surface area contributed by atoms with E-state index in [1.54, 1.807) is 0 Å². The highest BCUT2D eigenvalue weighted by atomic mass is 32.1. The third-order valence-corrected chi connectivity index (χ3v) is 4.46. The second kappa shape index (κ2) is 5.44. The van der Waals surface area contributed by atoms with Crippen molar-refractivity contribution in [3.05, 3.63) is 42.6 Å². The van der Waals surface area contributed by atoms with Gasteiger partial charge in [-0.15, -0.1) is 10.2 Å². The molecule has 2 aromatic heterocycles. The van der Waals surface area contributed by atoms with Gasteiger partial charge in [-0.3, -0.25) is 5.10 Å². The molecule has 6 nitrogen and oxygen atoms in total. The van der Waals surface area contributed by atoms with Crippen LogP contribution in [0.1, 0.15) is 0 Å². The lowest BCUT2D eigenvalue weighted by atomic mass is 10.2. The monoisotopic (exact) mass is 322 g/mol. The minimum absolute atomic E-state index is 0.650. The number of hydrogen-bond donors (Lipinski definition) is 1. The van der Waals surface area contributed by atoms with Gasteiger partial charge in [0.25, 0.3) is 0 Å². The van der Waals surface area contributed by atoms with Gasteiger partial charge >= 0.3 is 0 Å². The third kappa shape index (κ3) is 2.66. The molecule has 0 aliphatic heterocycles. The number of anilines is 1. The highest BCUT2D eigenvalue weighted by molar-refractivity contribution is 7.22. The molecule has 2 aromatic carbocycles. The summed E-state index contributed by atoms with van der Waals surface area (Å²) in [5.74, 6) is 0. The van der Waals surface area contributed by atoms with Gasteiger partial charge in [-0.1, -0.05) is 11.3 Å². The fourth-order valence-electron chi connectivity index (χ4n) is 2.31. The zero-order valence-corrected chi connectivity index (χ0v) is 13.5. The Morgan fingerprint density at radius 1 is 1.09 bits per heavy atom. The number of rotatable bonds is 3. The lowest BCUT2D eigenvalue weighted by Gasteiger charge is -2.11. The van der Waals surface area contributed by atoms with Crippen LogP contribution in [0.5, 0.6) is 0 Å². The Morgan fingerprint density at radius 3 is 2.70 bits per heavy atom. The standard InChI is InChI=1S/C16H14N6S/c1-22(2)12-5-3-11(4-6-12)19-21-16-18-14-8-13-10(9-17-20-13)7-15(14)23-16/h3-9H,1-2H3,(H,17,20). The van der Waals surface area contributed by atoms with Gasteiger partial charge in [-0.2, -0.15) is 5.10 Å². The van der Waals surface area contributed by atoms with Crippen molar-refractivity contribution in [1.29, 1.82) is 0 Å². The number of benzene rings is 2. The highest BCUT2D eigenvalue weighted by Gasteiger charge is 2.06. The summed E-state index contributed by atoms with van der Waals surface area (Å²) in [6.45, 7) is 0. The number of nitrogens with one attached hydrogen (secondary N) is 1. The fraction of sp³-hybridized carbons (Fsp3) is 0.125. The van der Waals surface area contributed by atoms with Crippen molar-refractivity contribution in [2.75, 3.05) is 19.0 Å². The molecule has 114 valence electrons. The van der Waals surface area contributed by atoms with Gasteiger partial charge in [0, 0.05) is 25.2 Å². The van der Waals surface area contributed by atoms with Crippen LogP contribution >= 0.6 is 11.3 Å². The summed E-state index contributed by atoms with van der Waals surface area (Å²) in [4.78, 5) is 6.55. The molecule has 1 N–H and O–H groups in total. The summed E-state index contributed by atoms with van der Waals surface area (Å²) in [6.07, 6.45) is 1.81. The quantitative estimate of drug-likeness (QED) is 0.558. The summed E-state index contributed by atoms with van der Waals surface area (Å²) in [7, 11) is 4.02. The molecule has 0 atom stereocenters. The number of nitrogens with zero attached hydrogens (tertiary/aromatic N) is 5. The SMILES string of the molecule is CN(C)c1ccc(N=Nc2nc3cc4[nH]ncc4cc3s2)cc1. The molecule has 0 radical (unpaired) electrons. The van der Waals surface area contributed by atoms with Gasteiger partial charge in [-0.25, -0.2) is 4.98 Å². The van der Waals surface area contributed by atoms with E-state index in [1.807, 2.05) is 55.5 Å². The third-order valence-electron chi connectivity index (χ3n) is 3.55. The molecule has 0 fully saturated rings. The average molecular weight is 322 g/mol. The van der Waals surface area contributed by atoms with Crippen molar-refractivity contribution in [3.63, 3.8) is 0 Å². The van der Waals surface area contributed by atoms with E-state index in [4.69, 9.17) is 0 Å². The van der Waals surface area contributed by atoms with Crippen molar-refractivity contribution in [2.24, 2.45) is 10.2 Å². The van der Waals surface area contributed by atoms with Crippen molar-refractivity contribution >= 4 is 49.0 Å².